The first-order chi connectivity index (χ1) is 22.1. The maximum absolute atomic E-state index is 16.4. The molecular formula is C33H31F2N9O2. The smallest absolute Gasteiger partial charge is 0.349 e. The molecule has 1 amide bonds. The van der Waals surface area contributed by atoms with Crippen molar-refractivity contribution >= 4 is 22.8 Å². The minimum atomic E-state index is -0.798. The first-order valence-electron chi connectivity index (χ1n) is 15.1. The molecule has 4 aromatic heterocycles. The normalized spacial score (nSPS) is 17.5. The Morgan fingerprint density at radius 3 is 2.65 bits per heavy atom. The van der Waals surface area contributed by atoms with Gasteiger partial charge >= 0.3 is 5.69 Å². The van der Waals surface area contributed by atoms with Crippen LogP contribution in [0.4, 0.5) is 14.6 Å². The molecule has 0 unspecified atom stereocenters. The van der Waals surface area contributed by atoms with Crippen LogP contribution in [0.5, 0.6) is 0 Å². The van der Waals surface area contributed by atoms with E-state index in [0.717, 1.165) is 0 Å². The van der Waals surface area contributed by atoms with Crippen molar-refractivity contribution in [1.29, 1.82) is 0 Å². The van der Waals surface area contributed by atoms with Gasteiger partial charge in [0.15, 0.2) is 11.5 Å². The van der Waals surface area contributed by atoms with E-state index in [1.54, 1.807) is 34.1 Å². The summed E-state index contributed by atoms with van der Waals surface area (Å²) in [4.78, 5) is 44.4. The molecule has 7 rings (SSSR count). The number of anilines is 1. The van der Waals surface area contributed by atoms with E-state index in [1.807, 2.05) is 32.6 Å². The summed E-state index contributed by atoms with van der Waals surface area (Å²) in [5.41, 5.74) is 1.48. The molecule has 46 heavy (non-hydrogen) atoms. The average Bonchev–Trinajstić information content (AvgIpc) is 3.49. The second-order valence-corrected chi connectivity index (χ2v) is 12.1. The lowest BCUT2D eigenvalue weighted by Gasteiger charge is -2.44. The molecule has 234 valence electrons. The maximum atomic E-state index is 16.4. The van der Waals surface area contributed by atoms with Gasteiger partial charge in [-0.05, 0) is 44.0 Å². The first-order valence-corrected chi connectivity index (χ1v) is 15.1. The largest absolute Gasteiger partial charge is 0.355 e. The summed E-state index contributed by atoms with van der Waals surface area (Å²) in [5.74, 6) is -1.59. The fraction of sp³-hybridized carbons (Fsp3) is 0.303. The molecule has 2 aliphatic heterocycles. The number of pyridine rings is 2. The number of benzene rings is 1. The molecule has 4 bridgehead atoms. The van der Waals surface area contributed by atoms with Crippen LogP contribution in [-0.4, -0.2) is 70.5 Å². The Bertz CT molecular complexity index is 2120. The van der Waals surface area contributed by atoms with Gasteiger partial charge in [-0.3, -0.25) is 9.78 Å². The van der Waals surface area contributed by atoms with E-state index in [4.69, 9.17) is 4.98 Å². The molecule has 13 heteroatoms. The predicted octanol–water partition coefficient (Wildman–Crippen LogP) is 4.48. The summed E-state index contributed by atoms with van der Waals surface area (Å²) in [6, 6.07) is 6.91. The van der Waals surface area contributed by atoms with Gasteiger partial charge in [0.05, 0.1) is 29.5 Å². The zero-order valence-electron chi connectivity index (χ0n) is 25.8. The number of carbonyl (C=O) groups excluding carboxylic acids is 1. The molecule has 11 nitrogen and oxygen atoms in total. The fourth-order valence-electron chi connectivity index (χ4n) is 6.52. The third-order valence-corrected chi connectivity index (χ3v) is 8.72. The molecule has 0 saturated carbocycles. The standard InChI is InChI=1S/C33H31F2N9O2/c1-6-26(45)42-13-19(5)43(14-18(42)4)31-22-12-24(35)29-27-21(8-7-9-23(27)34)25-16-41(40-39-25)15-20-10-11-36-28(17(2)3)30(20)44(32(22)37-29)33(46)38-31/h6-12,16-19H,1,13-15H2,2-5H3/t18-,19+/m1/s1. The lowest BCUT2D eigenvalue weighted by atomic mass is 9.99. The molecule has 1 aromatic carbocycles. The number of hydrogen-bond acceptors (Lipinski definition) is 8. The van der Waals surface area contributed by atoms with Crippen LogP contribution in [0.15, 0.2) is 60.2 Å². The van der Waals surface area contributed by atoms with Crippen LogP contribution in [0.25, 0.3) is 39.2 Å². The lowest BCUT2D eigenvalue weighted by molar-refractivity contribution is -0.128. The van der Waals surface area contributed by atoms with Crippen LogP contribution < -0.4 is 10.6 Å². The maximum Gasteiger partial charge on any atom is 0.355 e. The van der Waals surface area contributed by atoms with Crippen molar-refractivity contribution in [3.63, 3.8) is 0 Å². The van der Waals surface area contributed by atoms with E-state index in [9.17, 15) is 9.59 Å². The third-order valence-electron chi connectivity index (χ3n) is 8.72. The average molecular weight is 624 g/mol. The topological polar surface area (TPSA) is 115 Å². The molecule has 6 heterocycles. The summed E-state index contributed by atoms with van der Waals surface area (Å²) in [6.45, 7) is 12.2. The van der Waals surface area contributed by atoms with Gasteiger partial charge in [0.2, 0.25) is 5.91 Å². The number of halogens is 2. The number of carbonyl (C=O) groups is 1. The number of nitrogens with zero attached hydrogens (tertiary/aromatic N) is 9. The second kappa shape index (κ2) is 10.9. The minimum Gasteiger partial charge on any atom is -0.349 e. The van der Waals surface area contributed by atoms with Crippen LogP contribution in [0.2, 0.25) is 0 Å². The van der Waals surface area contributed by atoms with Crippen molar-refractivity contribution in [2.24, 2.45) is 0 Å². The Balaban J connectivity index is 1.58. The van der Waals surface area contributed by atoms with Gasteiger partial charge in [-0.25, -0.2) is 27.8 Å². The van der Waals surface area contributed by atoms with Gasteiger partial charge in [-0.1, -0.05) is 37.8 Å². The Labute approximate surface area is 262 Å². The minimum absolute atomic E-state index is 0.0964. The van der Waals surface area contributed by atoms with Gasteiger partial charge in [0.25, 0.3) is 0 Å². The third kappa shape index (κ3) is 4.56. The zero-order valence-corrected chi connectivity index (χ0v) is 25.8. The number of piperazine rings is 1. The summed E-state index contributed by atoms with van der Waals surface area (Å²) in [5, 5.41) is 8.81. The molecule has 0 N–H and O–H groups in total. The van der Waals surface area contributed by atoms with Crippen LogP contribution in [0.1, 0.15) is 44.9 Å². The number of aromatic nitrogens is 7. The van der Waals surface area contributed by atoms with Crippen molar-refractivity contribution in [2.45, 2.75) is 52.2 Å². The molecular weight excluding hydrogens is 592 g/mol. The van der Waals surface area contributed by atoms with Gasteiger partial charge in [-0.15, -0.1) is 5.10 Å². The zero-order chi connectivity index (χ0) is 32.4. The highest BCUT2D eigenvalue weighted by Crippen LogP contribution is 2.38. The van der Waals surface area contributed by atoms with Crippen molar-refractivity contribution in [3.8, 4) is 28.2 Å². The Morgan fingerprint density at radius 2 is 1.89 bits per heavy atom. The van der Waals surface area contributed by atoms with Crippen molar-refractivity contribution < 1.29 is 13.6 Å². The second-order valence-electron chi connectivity index (χ2n) is 12.1. The van der Waals surface area contributed by atoms with Crippen LogP contribution >= 0.6 is 0 Å². The molecule has 0 spiro atoms. The molecule has 2 aliphatic rings. The number of rotatable bonds is 3. The van der Waals surface area contributed by atoms with Crippen LogP contribution in [0.3, 0.4) is 0 Å². The highest BCUT2D eigenvalue weighted by molar-refractivity contribution is 5.92. The van der Waals surface area contributed by atoms with Crippen LogP contribution in [-0.2, 0) is 11.3 Å². The quantitative estimate of drug-likeness (QED) is 0.265. The molecule has 2 atom stereocenters. The molecule has 1 fully saturated rings. The van der Waals surface area contributed by atoms with E-state index in [2.05, 4.69) is 26.9 Å². The summed E-state index contributed by atoms with van der Waals surface area (Å²) >= 11 is 0. The monoisotopic (exact) mass is 623 g/mol. The number of hydrogen-bond donors (Lipinski definition) is 0. The Hall–Kier alpha value is -5.33. The molecule has 1 saturated heterocycles. The SMILES string of the molecule is C=CC(=O)N1C[C@H](C)N(c2nc(=O)n3c4nc(c(F)cc24)-c2c(F)cccc2-c2cn(nn2)Cc2ccnc(C(C)C)c2-3)C[C@H]1C. The number of amides is 1. The molecule has 5 aromatic rings. The fourth-order valence-corrected chi connectivity index (χ4v) is 6.52. The van der Waals surface area contributed by atoms with Gasteiger partial charge in [-0.2, -0.15) is 4.98 Å². The van der Waals surface area contributed by atoms with Gasteiger partial charge in [0.1, 0.15) is 23.0 Å². The summed E-state index contributed by atoms with van der Waals surface area (Å²) < 4.78 is 35.0. The Morgan fingerprint density at radius 1 is 1.09 bits per heavy atom. The first kappa shape index (κ1) is 29.4. The van der Waals surface area contributed by atoms with E-state index >= 15 is 8.78 Å². The van der Waals surface area contributed by atoms with E-state index in [-0.39, 0.29) is 58.6 Å². The van der Waals surface area contributed by atoms with Crippen LogP contribution in [0, 0.1) is 11.6 Å². The van der Waals surface area contributed by atoms with Crippen molar-refractivity contribution in [2.75, 3.05) is 18.0 Å². The molecule has 0 radical (unpaired) electrons. The summed E-state index contributed by atoms with van der Waals surface area (Å²) in [7, 11) is 0. The van der Waals surface area contributed by atoms with E-state index in [1.165, 1.54) is 28.8 Å². The van der Waals surface area contributed by atoms with E-state index in [0.29, 0.717) is 41.3 Å². The number of fused-ring (bicyclic) bond motifs is 8. The highest BCUT2D eigenvalue weighted by atomic mass is 19.1. The Kier molecular flexibility index (Phi) is 6.98. The summed E-state index contributed by atoms with van der Waals surface area (Å²) in [6.07, 6.45) is 4.60. The van der Waals surface area contributed by atoms with Crippen molar-refractivity contribution in [3.05, 3.63) is 88.8 Å². The highest BCUT2D eigenvalue weighted by Gasteiger charge is 2.34. The van der Waals surface area contributed by atoms with Gasteiger partial charge in [0, 0.05) is 48.1 Å². The van der Waals surface area contributed by atoms with E-state index < -0.39 is 17.3 Å². The van der Waals surface area contributed by atoms with Crippen molar-refractivity contribution in [1.82, 2.24) is 39.4 Å². The lowest BCUT2D eigenvalue weighted by Crippen LogP contribution is -2.58. The molecule has 0 aliphatic carbocycles. The van der Waals surface area contributed by atoms with Gasteiger partial charge < -0.3 is 9.80 Å². The predicted molar refractivity (Wildman–Crippen MR) is 169 cm³/mol.